The maximum absolute atomic E-state index is 13.0. The summed E-state index contributed by atoms with van der Waals surface area (Å²) in [5.41, 5.74) is 0.880. The predicted molar refractivity (Wildman–Crippen MR) is 93.6 cm³/mol. The molecule has 1 N–H and O–H groups in total. The van der Waals surface area contributed by atoms with Gasteiger partial charge in [-0.15, -0.1) is 0 Å². The van der Waals surface area contributed by atoms with Crippen LogP contribution in [0.2, 0.25) is 0 Å². The molecule has 0 fully saturated rings. The van der Waals surface area contributed by atoms with Crippen LogP contribution in [-0.2, 0) is 0 Å². The number of aromatic hydroxyl groups is 1. The molecular weight excluding hydrogens is 390 g/mol. The van der Waals surface area contributed by atoms with Crippen LogP contribution in [0.15, 0.2) is 40.9 Å². The molecule has 126 valence electrons. The fourth-order valence-electron chi connectivity index (χ4n) is 2.97. The van der Waals surface area contributed by atoms with Crippen LogP contribution < -0.4 is 9.47 Å². The van der Waals surface area contributed by atoms with Crippen molar-refractivity contribution in [2.45, 2.75) is 6.92 Å². The average Bonchev–Trinajstić information content (AvgIpc) is 3.14. The van der Waals surface area contributed by atoms with Gasteiger partial charge in [0, 0.05) is 22.3 Å². The highest BCUT2D eigenvalue weighted by molar-refractivity contribution is 9.10. The summed E-state index contributed by atoms with van der Waals surface area (Å²) in [6, 6.07) is 9.95. The monoisotopic (exact) mass is 401 g/mol. The van der Waals surface area contributed by atoms with E-state index in [1.807, 2.05) is 0 Å². The van der Waals surface area contributed by atoms with Crippen LogP contribution >= 0.6 is 15.9 Å². The lowest BCUT2D eigenvalue weighted by molar-refractivity contribution is 0.0933. The standard InChI is InChI=1S/C18H12BrNO5/c1-9(21)20-13-7-11(19)3-4-12(13)16(18(20)23)17(22)10-2-5-14-15(6-10)25-8-24-14/h2-7,23H,8H2,1H3. The molecule has 0 aliphatic carbocycles. The Labute approximate surface area is 150 Å². The number of nitrogens with zero attached hydrogens (tertiary/aromatic N) is 1. The Morgan fingerprint density at radius 3 is 2.64 bits per heavy atom. The van der Waals surface area contributed by atoms with Gasteiger partial charge in [-0.1, -0.05) is 22.0 Å². The number of carbonyl (C=O) groups excluding carboxylic acids is 2. The largest absolute Gasteiger partial charge is 0.494 e. The van der Waals surface area contributed by atoms with Crippen LogP contribution in [-0.4, -0.2) is 28.2 Å². The molecule has 0 saturated heterocycles. The Kier molecular flexibility index (Phi) is 3.54. The molecule has 2 heterocycles. The first-order valence-corrected chi connectivity index (χ1v) is 8.25. The van der Waals surface area contributed by atoms with Crippen LogP contribution in [0.5, 0.6) is 17.4 Å². The fraction of sp³-hybridized carbons (Fsp3) is 0.111. The van der Waals surface area contributed by atoms with Crippen molar-refractivity contribution in [3.05, 3.63) is 52.0 Å². The Hall–Kier alpha value is -2.80. The third-order valence-corrected chi connectivity index (χ3v) is 4.58. The van der Waals surface area contributed by atoms with Gasteiger partial charge >= 0.3 is 0 Å². The minimum absolute atomic E-state index is 0.0802. The van der Waals surface area contributed by atoms with E-state index in [9.17, 15) is 14.7 Å². The van der Waals surface area contributed by atoms with Crippen LogP contribution in [0, 0.1) is 0 Å². The van der Waals surface area contributed by atoms with Crippen molar-refractivity contribution in [2.75, 3.05) is 6.79 Å². The van der Waals surface area contributed by atoms with Gasteiger partial charge < -0.3 is 14.6 Å². The van der Waals surface area contributed by atoms with Crippen LogP contribution in [0.4, 0.5) is 0 Å². The van der Waals surface area contributed by atoms with Crippen molar-refractivity contribution >= 4 is 38.5 Å². The molecule has 1 aromatic heterocycles. The van der Waals surface area contributed by atoms with E-state index in [0.717, 1.165) is 9.04 Å². The molecule has 0 unspecified atom stereocenters. The van der Waals surface area contributed by atoms with Gasteiger partial charge in [0.1, 0.15) is 0 Å². The molecule has 0 amide bonds. The zero-order chi connectivity index (χ0) is 17.7. The number of hydrogen-bond donors (Lipinski definition) is 1. The second-order valence-corrected chi connectivity index (χ2v) is 6.53. The second kappa shape index (κ2) is 5.63. The van der Waals surface area contributed by atoms with Crippen molar-refractivity contribution in [3.8, 4) is 17.4 Å². The number of ether oxygens (including phenoxy) is 2. The quantitative estimate of drug-likeness (QED) is 0.661. The molecule has 0 radical (unpaired) electrons. The number of rotatable bonds is 2. The van der Waals surface area contributed by atoms with Gasteiger partial charge in [-0.2, -0.15) is 0 Å². The molecule has 3 aromatic rings. The Bertz CT molecular complexity index is 1050. The predicted octanol–water partition coefficient (Wildman–Crippen LogP) is 3.73. The molecule has 25 heavy (non-hydrogen) atoms. The van der Waals surface area contributed by atoms with E-state index < -0.39 is 5.78 Å². The lowest BCUT2D eigenvalue weighted by Crippen LogP contribution is -2.06. The van der Waals surface area contributed by atoms with E-state index >= 15 is 0 Å². The highest BCUT2D eigenvalue weighted by atomic mass is 79.9. The van der Waals surface area contributed by atoms with Gasteiger partial charge in [0.15, 0.2) is 17.3 Å². The summed E-state index contributed by atoms with van der Waals surface area (Å²) in [4.78, 5) is 25.0. The van der Waals surface area contributed by atoms with Gasteiger partial charge in [0.05, 0.1) is 11.1 Å². The van der Waals surface area contributed by atoms with Crippen molar-refractivity contribution < 1.29 is 24.2 Å². The van der Waals surface area contributed by atoms with Crippen LogP contribution in [0.3, 0.4) is 0 Å². The number of benzene rings is 2. The molecule has 2 aromatic carbocycles. The minimum Gasteiger partial charge on any atom is -0.494 e. The van der Waals surface area contributed by atoms with Crippen molar-refractivity contribution in [1.82, 2.24) is 4.57 Å². The lowest BCUT2D eigenvalue weighted by atomic mass is 10.0. The summed E-state index contributed by atoms with van der Waals surface area (Å²) in [5, 5.41) is 11.0. The summed E-state index contributed by atoms with van der Waals surface area (Å²) in [7, 11) is 0. The Balaban J connectivity index is 1.93. The number of aromatic nitrogens is 1. The highest BCUT2D eigenvalue weighted by Crippen LogP contribution is 2.37. The van der Waals surface area contributed by atoms with Gasteiger partial charge in [0.2, 0.25) is 18.6 Å². The van der Waals surface area contributed by atoms with E-state index in [2.05, 4.69) is 15.9 Å². The number of halogens is 1. The Morgan fingerprint density at radius 1 is 1.12 bits per heavy atom. The van der Waals surface area contributed by atoms with E-state index in [1.54, 1.807) is 36.4 Å². The van der Waals surface area contributed by atoms with E-state index in [0.29, 0.717) is 28.0 Å². The first-order chi connectivity index (χ1) is 12.0. The van der Waals surface area contributed by atoms with Crippen molar-refractivity contribution in [3.63, 3.8) is 0 Å². The molecular formula is C18H12BrNO5. The topological polar surface area (TPSA) is 77.8 Å². The fourth-order valence-corrected chi connectivity index (χ4v) is 3.32. The number of carbonyl (C=O) groups is 2. The molecule has 1 aliphatic heterocycles. The molecule has 6 nitrogen and oxygen atoms in total. The van der Waals surface area contributed by atoms with Crippen molar-refractivity contribution in [2.24, 2.45) is 0 Å². The van der Waals surface area contributed by atoms with Crippen molar-refractivity contribution in [1.29, 1.82) is 0 Å². The van der Waals surface area contributed by atoms with E-state index in [1.165, 1.54) is 6.92 Å². The SMILES string of the molecule is CC(=O)n1c(O)c(C(=O)c2ccc3c(c2)OCO3)c2ccc(Br)cc21. The molecule has 0 atom stereocenters. The second-order valence-electron chi connectivity index (χ2n) is 5.61. The first kappa shape index (κ1) is 15.7. The van der Waals surface area contributed by atoms with Crippen LogP contribution in [0.1, 0.15) is 27.6 Å². The molecule has 7 heteroatoms. The molecule has 4 rings (SSSR count). The van der Waals surface area contributed by atoms with Gasteiger partial charge in [-0.3, -0.25) is 9.59 Å². The maximum atomic E-state index is 13.0. The minimum atomic E-state index is -0.400. The van der Waals surface area contributed by atoms with Gasteiger partial charge in [-0.25, -0.2) is 4.57 Å². The maximum Gasteiger partial charge on any atom is 0.231 e. The molecule has 0 saturated carbocycles. The summed E-state index contributed by atoms with van der Waals surface area (Å²) in [6.07, 6.45) is 0. The zero-order valence-electron chi connectivity index (χ0n) is 13.1. The molecule has 1 aliphatic rings. The lowest BCUT2D eigenvalue weighted by Gasteiger charge is -2.03. The molecule has 0 spiro atoms. The zero-order valence-corrected chi connectivity index (χ0v) is 14.7. The summed E-state index contributed by atoms with van der Waals surface area (Å²) in [5.74, 6) is -0.115. The van der Waals surface area contributed by atoms with Crippen LogP contribution in [0.25, 0.3) is 10.9 Å². The third-order valence-electron chi connectivity index (χ3n) is 4.08. The number of fused-ring (bicyclic) bond motifs is 2. The molecule has 0 bridgehead atoms. The normalized spacial score (nSPS) is 12.6. The summed E-state index contributed by atoms with van der Waals surface area (Å²) in [6.45, 7) is 1.44. The summed E-state index contributed by atoms with van der Waals surface area (Å²) < 4.78 is 12.4. The average molecular weight is 402 g/mol. The van der Waals surface area contributed by atoms with Gasteiger partial charge in [0.25, 0.3) is 0 Å². The third kappa shape index (κ3) is 2.39. The number of ketones is 1. The summed E-state index contributed by atoms with van der Waals surface area (Å²) >= 11 is 3.34. The smallest absolute Gasteiger partial charge is 0.231 e. The highest BCUT2D eigenvalue weighted by Gasteiger charge is 2.26. The van der Waals surface area contributed by atoms with E-state index in [4.69, 9.17) is 9.47 Å². The Morgan fingerprint density at radius 2 is 1.88 bits per heavy atom. The number of hydrogen-bond acceptors (Lipinski definition) is 5. The van der Waals surface area contributed by atoms with Gasteiger partial charge in [-0.05, 0) is 30.3 Å². The van der Waals surface area contributed by atoms with E-state index in [-0.39, 0.29) is 24.1 Å². The first-order valence-electron chi connectivity index (χ1n) is 7.45.